The van der Waals surface area contributed by atoms with E-state index in [0.29, 0.717) is 42.4 Å². The maximum Gasteiger partial charge on any atom is 0.309 e. The van der Waals surface area contributed by atoms with Gasteiger partial charge >= 0.3 is 5.97 Å². The first kappa shape index (κ1) is 20.6. The van der Waals surface area contributed by atoms with Gasteiger partial charge in [0.1, 0.15) is 17.4 Å². The number of aliphatic carboxylic acids is 1. The number of anilines is 1. The molecular weight excluding hydrogens is 432 g/mol. The van der Waals surface area contributed by atoms with Crippen molar-refractivity contribution < 1.29 is 19.5 Å². The van der Waals surface area contributed by atoms with Gasteiger partial charge in [-0.25, -0.2) is 9.97 Å². The Balaban J connectivity index is 1.29. The zero-order chi connectivity index (χ0) is 22.3. The lowest BCUT2D eigenvalue weighted by molar-refractivity contribution is -0.158. The summed E-state index contributed by atoms with van der Waals surface area (Å²) in [6, 6.07) is 1.71. The topological polar surface area (TPSA) is 150 Å². The van der Waals surface area contributed by atoms with Gasteiger partial charge in [0, 0.05) is 11.9 Å². The molecule has 0 radical (unpaired) electrons. The fourth-order valence-corrected chi connectivity index (χ4v) is 5.51. The van der Waals surface area contributed by atoms with E-state index < -0.39 is 11.4 Å². The Kier molecular flexibility index (Phi) is 4.92. The fourth-order valence-electron chi connectivity index (χ4n) is 4.87. The molecule has 3 heterocycles. The van der Waals surface area contributed by atoms with Crippen LogP contribution in [0.15, 0.2) is 23.2 Å². The zero-order valence-corrected chi connectivity index (χ0v) is 18.0. The fraction of sp³-hybridized carbons (Fsp3) is 0.429. The van der Waals surface area contributed by atoms with Gasteiger partial charge in [0.25, 0.3) is 11.8 Å². The number of aromatic nitrogens is 4. The number of carboxylic acids is 1. The van der Waals surface area contributed by atoms with Crippen LogP contribution in [0.1, 0.15) is 59.4 Å². The van der Waals surface area contributed by atoms with Gasteiger partial charge in [0.05, 0.1) is 11.0 Å². The molecule has 0 atom stereocenters. The molecule has 3 aliphatic rings. The second-order valence-corrected chi connectivity index (χ2v) is 9.53. The summed E-state index contributed by atoms with van der Waals surface area (Å²) in [5, 5.41) is 25.6. The highest BCUT2D eigenvalue weighted by Gasteiger charge is 2.52. The van der Waals surface area contributed by atoms with Gasteiger partial charge in [-0.05, 0) is 55.4 Å². The average molecular weight is 455 g/mol. The molecule has 3 aromatic rings. The van der Waals surface area contributed by atoms with Gasteiger partial charge < -0.3 is 15.7 Å². The average Bonchev–Trinajstić information content (AvgIpc) is 3.49. The van der Waals surface area contributed by atoms with Crippen LogP contribution < -0.4 is 10.6 Å². The molecule has 3 aromatic heterocycles. The standard InChI is InChI=1S/C21H22N6O4S/c28-17(12-1-8-32-9-12)25-16-14-13(26-27-16)15(24-11-23-14)18(29)22-10-20-2-5-21(6-3-20,7-4-20)19(30)31/h1,8-9,11H,2-7,10H2,(H,22,29)(H,30,31)(H2,25,26,27,28). The summed E-state index contributed by atoms with van der Waals surface area (Å²) >= 11 is 1.42. The number of carboxylic acid groups (broad SMARTS) is 1. The van der Waals surface area contributed by atoms with Gasteiger partial charge in [-0.1, -0.05) is 0 Å². The van der Waals surface area contributed by atoms with Gasteiger partial charge in [0.2, 0.25) is 0 Å². The summed E-state index contributed by atoms with van der Waals surface area (Å²) in [6.07, 6.45) is 5.62. The first-order valence-electron chi connectivity index (χ1n) is 10.5. The second-order valence-electron chi connectivity index (χ2n) is 8.75. The van der Waals surface area contributed by atoms with E-state index in [0.717, 1.165) is 19.3 Å². The van der Waals surface area contributed by atoms with Crippen LogP contribution in [0.3, 0.4) is 0 Å². The van der Waals surface area contributed by atoms with E-state index in [2.05, 4.69) is 30.8 Å². The Morgan fingerprint density at radius 3 is 2.50 bits per heavy atom. The predicted octanol–water partition coefficient (Wildman–Crippen LogP) is 2.82. The molecule has 0 spiro atoms. The highest BCUT2D eigenvalue weighted by molar-refractivity contribution is 7.08. The number of thiophene rings is 1. The highest BCUT2D eigenvalue weighted by atomic mass is 32.1. The van der Waals surface area contributed by atoms with Crippen LogP contribution in [0.25, 0.3) is 11.0 Å². The van der Waals surface area contributed by atoms with Gasteiger partial charge in [-0.3, -0.25) is 19.5 Å². The van der Waals surface area contributed by atoms with E-state index in [1.807, 2.05) is 5.38 Å². The third-order valence-corrected chi connectivity index (χ3v) is 7.74. The van der Waals surface area contributed by atoms with E-state index in [9.17, 15) is 19.5 Å². The van der Waals surface area contributed by atoms with Crippen molar-refractivity contribution in [1.29, 1.82) is 0 Å². The second kappa shape index (κ2) is 7.66. The van der Waals surface area contributed by atoms with E-state index >= 15 is 0 Å². The molecule has 0 aromatic carbocycles. The molecule has 6 rings (SSSR count). The highest BCUT2D eigenvalue weighted by Crippen LogP contribution is 2.56. The zero-order valence-electron chi connectivity index (χ0n) is 17.2. The Hall–Kier alpha value is -3.34. The number of H-pyrrole nitrogens is 1. The van der Waals surface area contributed by atoms with Crippen molar-refractivity contribution in [2.75, 3.05) is 11.9 Å². The third-order valence-electron chi connectivity index (χ3n) is 7.06. The van der Waals surface area contributed by atoms with Crippen molar-refractivity contribution in [3.05, 3.63) is 34.4 Å². The quantitative estimate of drug-likeness (QED) is 0.447. The summed E-state index contributed by atoms with van der Waals surface area (Å²) in [5.74, 6) is -1.13. The van der Waals surface area contributed by atoms with Crippen LogP contribution in [-0.2, 0) is 4.79 Å². The minimum absolute atomic E-state index is 0.0628. The van der Waals surface area contributed by atoms with Gasteiger partial charge in [-0.2, -0.15) is 16.4 Å². The lowest BCUT2D eigenvalue weighted by Crippen LogP contribution is -2.50. The molecule has 2 bridgehead atoms. The predicted molar refractivity (Wildman–Crippen MR) is 116 cm³/mol. The van der Waals surface area contributed by atoms with Crippen LogP contribution in [0.4, 0.5) is 5.82 Å². The van der Waals surface area contributed by atoms with Gasteiger partial charge in [0.15, 0.2) is 11.5 Å². The Morgan fingerprint density at radius 2 is 1.84 bits per heavy atom. The Labute approximate surface area is 186 Å². The molecule has 2 amide bonds. The van der Waals surface area contributed by atoms with Crippen LogP contribution in [0, 0.1) is 10.8 Å². The Bertz CT molecular complexity index is 1180. The largest absolute Gasteiger partial charge is 0.481 e. The smallest absolute Gasteiger partial charge is 0.309 e. The molecule has 3 fully saturated rings. The number of hydrogen-bond acceptors (Lipinski definition) is 7. The number of hydrogen-bond donors (Lipinski definition) is 4. The molecular formula is C21H22N6O4S. The van der Waals surface area contributed by atoms with E-state index in [1.54, 1.807) is 11.4 Å². The molecule has 4 N–H and O–H groups in total. The Morgan fingerprint density at radius 1 is 1.09 bits per heavy atom. The summed E-state index contributed by atoms with van der Waals surface area (Å²) in [4.78, 5) is 45.2. The maximum absolute atomic E-state index is 12.9. The minimum atomic E-state index is -0.695. The molecule has 166 valence electrons. The molecule has 10 nitrogen and oxygen atoms in total. The van der Waals surface area contributed by atoms with Crippen LogP contribution in [0.5, 0.6) is 0 Å². The number of aromatic amines is 1. The third kappa shape index (κ3) is 3.42. The molecule has 0 aliphatic heterocycles. The van der Waals surface area contributed by atoms with Crippen LogP contribution in [-0.4, -0.2) is 49.6 Å². The normalized spacial score (nSPS) is 24.4. The van der Waals surface area contributed by atoms with E-state index in [-0.39, 0.29) is 28.7 Å². The molecule has 3 saturated carbocycles. The summed E-state index contributed by atoms with van der Waals surface area (Å²) in [6.45, 7) is 0.475. The van der Waals surface area contributed by atoms with E-state index in [1.165, 1.54) is 17.7 Å². The maximum atomic E-state index is 12.9. The number of amides is 2. The minimum Gasteiger partial charge on any atom is -0.481 e. The number of carbonyl (C=O) groups excluding carboxylic acids is 2. The molecule has 0 unspecified atom stereocenters. The van der Waals surface area contributed by atoms with Crippen LogP contribution >= 0.6 is 11.3 Å². The number of fused-ring (bicyclic) bond motifs is 4. The summed E-state index contributed by atoms with van der Waals surface area (Å²) in [5.41, 5.74) is 0.733. The monoisotopic (exact) mass is 454 g/mol. The number of nitrogens with zero attached hydrogens (tertiary/aromatic N) is 3. The van der Waals surface area contributed by atoms with Crippen molar-refractivity contribution in [3.8, 4) is 0 Å². The number of carbonyl (C=O) groups is 3. The number of nitrogens with one attached hydrogen (secondary N) is 3. The lowest BCUT2D eigenvalue weighted by Gasteiger charge is -2.51. The van der Waals surface area contributed by atoms with Crippen molar-refractivity contribution in [1.82, 2.24) is 25.5 Å². The molecule has 32 heavy (non-hydrogen) atoms. The molecule has 0 saturated heterocycles. The first-order valence-corrected chi connectivity index (χ1v) is 11.4. The van der Waals surface area contributed by atoms with Crippen molar-refractivity contribution in [2.24, 2.45) is 10.8 Å². The van der Waals surface area contributed by atoms with E-state index in [4.69, 9.17) is 0 Å². The first-order chi connectivity index (χ1) is 15.4. The van der Waals surface area contributed by atoms with Crippen molar-refractivity contribution >= 4 is 46.0 Å². The van der Waals surface area contributed by atoms with Gasteiger partial charge in [-0.15, -0.1) is 0 Å². The summed E-state index contributed by atoms with van der Waals surface area (Å²) in [7, 11) is 0. The summed E-state index contributed by atoms with van der Waals surface area (Å²) < 4.78 is 0. The molecule has 11 heteroatoms. The van der Waals surface area contributed by atoms with Crippen molar-refractivity contribution in [2.45, 2.75) is 38.5 Å². The molecule has 3 aliphatic carbocycles. The lowest BCUT2D eigenvalue weighted by atomic mass is 9.53. The SMILES string of the molecule is O=C(Nc1n[nH]c2c(C(=O)NCC34CCC(C(=O)O)(CC3)CC4)ncnc12)c1ccsc1. The van der Waals surface area contributed by atoms with Crippen LogP contribution in [0.2, 0.25) is 0 Å². The number of rotatable bonds is 6. The van der Waals surface area contributed by atoms with Crippen molar-refractivity contribution in [3.63, 3.8) is 0 Å².